The Morgan fingerprint density at radius 3 is 2.78 bits per heavy atom. The maximum Gasteiger partial charge on any atom is 0.0462 e. The van der Waals surface area contributed by atoms with Crippen LogP contribution in [0.2, 0.25) is 0 Å². The van der Waals surface area contributed by atoms with Crippen LogP contribution in [0.4, 0.5) is 0 Å². The van der Waals surface area contributed by atoms with E-state index in [1.807, 2.05) is 0 Å². The van der Waals surface area contributed by atoms with Crippen LogP contribution in [0.25, 0.3) is 0 Å². The van der Waals surface area contributed by atoms with Gasteiger partial charge < -0.3 is 10.1 Å². The lowest BCUT2D eigenvalue weighted by Gasteiger charge is -2.17. The van der Waals surface area contributed by atoms with Crippen molar-refractivity contribution in [2.75, 3.05) is 20.3 Å². The van der Waals surface area contributed by atoms with E-state index in [1.54, 1.807) is 7.11 Å². The molecule has 1 atom stereocenters. The standard InChI is InChI=1S/C15H24BrNO/c1-3-15(13-8-7-9-14(16)12-13)17-10-5-4-6-11-18-2/h7-9,12,15,17H,3-6,10-11H2,1-2H3. The van der Waals surface area contributed by atoms with Crippen molar-refractivity contribution in [1.29, 1.82) is 0 Å². The number of rotatable bonds is 9. The molecule has 0 aromatic heterocycles. The van der Waals surface area contributed by atoms with Gasteiger partial charge >= 0.3 is 0 Å². The number of hydrogen-bond acceptors (Lipinski definition) is 2. The van der Waals surface area contributed by atoms with Gasteiger partial charge in [-0.15, -0.1) is 0 Å². The van der Waals surface area contributed by atoms with Crippen LogP contribution < -0.4 is 5.32 Å². The highest BCUT2D eigenvalue weighted by atomic mass is 79.9. The van der Waals surface area contributed by atoms with Crippen molar-refractivity contribution < 1.29 is 4.74 Å². The molecule has 0 aliphatic heterocycles. The minimum atomic E-state index is 0.463. The Morgan fingerprint density at radius 2 is 2.11 bits per heavy atom. The Labute approximate surface area is 119 Å². The smallest absolute Gasteiger partial charge is 0.0462 e. The molecule has 0 saturated heterocycles. The molecule has 18 heavy (non-hydrogen) atoms. The molecule has 1 N–H and O–H groups in total. The number of hydrogen-bond donors (Lipinski definition) is 1. The van der Waals surface area contributed by atoms with Crippen molar-refractivity contribution in [1.82, 2.24) is 5.32 Å². The fourth-order valence-electron chi connectivity index (χ4n) is 2.05. The summed E-state index contributed by atoms with van der Waals surface area (Å²) in [5.41, 5.74) is 1.36. The number of benzene rings is 1. The first-order chi connectivity index (χ1) is 8.77. The molecule has 2 nitrogen and oxygen atoms in total. The van der Waals surface area contributed by atoms with Crippen LogP contribution in [0.15, 0.2) is 28.7 Å². The SMILES string of the molecule is CCC(NCCCCCOC)c1cccc(Br)c1. The first-order valence-corrected chi connectivity index (χ1v) is 7.55. The second kappa shape index (κ2) is 9.54. The summed E-state index contributed by atoms with van der Waals surface area (Å²) in [7, 11) is 1.76. The maximum atomic E-state index is 5.05. The molecule has 0 spiro atoms. The first-order valence-electron chi connectivity index (χ1n) is 6.75. The quantitative estimate of drug-likeness (QED) is 0.686. The van der Waals surface area contributed by atoms with Gasteiger partial charge in [-0.1, -0.05) is 35.0 Å². The van der Waals surface area contributed by atoms with Gasteiger partial charge in [0.2, 0.25) is 0 Å². The Hall–Kier alpha value is -0.380. The predicted molar refractivity (Wildman–Crippen MR) is 80.9 cm³/mol. The largest absolute Gasteiger partial charge is 0.385 e. The molecular weight excluding hydrogens is 290 g/mol. The lowest BCUT2D eigenvalue weighted by Crippen LogP contribution is -2.21. The van der Waals surface area contributed by atoms with Crippen molar-refractivity contribution >= 4 is 15.9 Å². The summed E-state index contributed by atoms with van der Waals surface area (Å²) in [6.07, 6.45) is 4.73. The summed E-state index contributed by atoms with van der Waals surface area (Å²) in [5.74, 6) is 0. The molecule has 1 aromatic carbocycles. The van der Waals surface area contributed by atoms with E-state index >= 15 is 0 Å². The van der Waals surface area contributed by atoms with Gasteiger partial charge in [0, 0.05) is 24.2 Å². The highest BCUT2D eigenvalue weighted by molar-refractivity contribution is 9.10. The van der Waals surface area contributed by atoms with Gasteiger partial charge in [-0.25, -0.2) is 0 Å². The lowest BCUT2D eigenvalue weighted by atomic mass is 10.0. The number of ether oxygens (including phenoxy) is 1. The third kappa shape index (κ3) is 5.98. The van der Waals surface area contributed by atoms with Crippen molar-refractivity contribution in [3.8, 4) is 0 Å². The maximum absolute atomic E-state index is 5.05. The van der Waals surface area contributed by atoms with Crippen molar-refractivity contribution in [3.63, 3.8) is 0 Å². The Balaban J connectivity index is 2.29. The van der Waals surface area contributed by atoms with E-state index in [1.165, 1.54) is 18.4 Å². The fraction of sp³-hybridized carbons (Fsp3) is 0.600. The van der Waals surface area contributed by atoms with E-state index in [0.717, 1.165) is 30.5 Å². The molecule has 0 aliphatic carbocycles. The van der Waals surface area contributed by atoms with E-state index in [2.05, 4.69) is 52.4 Å². The van der Waals surface area contributed by atoms with Crippen LogP contribution in [0.5, 0.6) is 0 Å². The predicted octanol–water partition coefficient (Wildman–Crippen LogP) is 4.31. The van der Waals surface area contributed by atoms with Crippen LogP contribution >= 0.6 is 15.9 Å². The molecular formula is C15H24BrNO. The number of methoxy groups -OCH3 is 1. The topological polar surface area (TPSA) is 21.3 Å². The minimum absolute atomic E-state index is 0.463. The van der Waals surface area contributed by atoms with Gasteiger partial charge in [-0.05, 0) is 49.9 Å². The molecule has 1 rings (SSSR count). The number of unbranched alkanes of at least 4 members (excludes halogenated alkanes) is 2. The summed E-state index contributed by atoms with van der Waals surface area (Å²) in [5, 5.41) is 3.63. The molecule has 1 aromatic rings. The van der Waals surface area contributed by atoms with E-state index in [0.29, 0.717) is 6.04 Å². The van der Waals surface area contributed by atoms with Crippen LogP contribution in [-0.2, 0) is 4.74 Å². The highest BCUT2D eigenvalue weighted by Crippen LogP contribution is 2.20. The zero-order valence-corrected chi connectivity index (χ0v) is 13.0. The van der Waals surface area contributed by atoms with E-state index in [-0.39, 0.29) is 0 Å². The average Bonchev–Trinajstić information content (AvgIpc) is 2.38. The highest BCUT2D eigenvalue weighted by Gasteiger charge is 2.07. The van der Waals surface area contributed by atoms with Crippen LogP contribution in [0.3, 0.4) is 0 Å². The van der Waals surface area contributed by atoms with E-state index < -0.39 is 0 Å². The number of halogens is 1. The molecule has 0 radical (unpaired) electrons. The molecule has 0 bridgehead atoms. The normalized spacial score (nSPS) is 12.6. The minimum Gasteiger partial charge on any atom is -0.385 e. The van der Waals surface area contributed by atoms with Gasteiger partial charge in [-0.2, -0.15) is 0 Å². The van der Waals surface area contributed by atoms with E-state index in [4.69, 9.17) is 4.74 Å². The third-order valence-corrected chi connectivity index (χ3v) is 3.57. The van der Waals surface area contributed by atoms with Crippen molar-refractivity contribution in [2.24, 2.45) is 0 Å². The third-order valence-electron chi connectivity index (χ3n) is 3.08. The molecule has 0 aliphatic rings. The first kappa shape index (κ1) is 15.7. The second-order valence-electron chi connectivity index (χ2n) is 4.52. The van der Waals surface area contributed by atoms with Gasteiger partial charge in [-0.3, -0.25) is 0 Å². The molecule has 0 amide bonds. The fourth-order valence-corrected chi connectivity index (χ4v) is 2.46. The Morgan fingerprint density at radius 1 is 1.28 bits per heavy atom. The molecule has 102 valence electrons. The summed E-state index contributed by atoms with van der Waals surface area (Å²) >= 11 is 3.53. The zero-order chi connectivity index (χ0) is 13.2. The Kier molecular flexibility index (Phi) is 8.31. The van der Waals surface area contributed by atoms with Crippen molar-refractivity contribution in [2.45, 2.75) is 38.6 Å². The van der Waals surface area contributed by atoms with Gasteiger partial charge in [0.05, 0.1) is 0 Å². The molecule has 3 heteroatoms. The number of nitrogens with one attached hydrogen (secondary N) is 1. The average molecular weight is 314 g/mol. The zero-order valence-electron chi connectivity index (χ0n) is 11.4. The summed E-state index contributed by atoms with van der Waals surface area (Å²) < 4.78 is 6.20. The summed E-state index contributed by atoms with van der Waals surface area (Å²) in [6.45, 7) is 4.18. The van der Waals surface area contributed by atoms with Crippen LogP contribution in [-0.4, -0.2) is 20.3 Å². The van der Waals surface area contributed by atoms with Crippen LogP contribution in [0, 0.1) is 0 Å². The molecule has 0 fully saturated rings. The lowest BCUT2D eigenvalue weighted by molar-refractivity contribution is 0.192. The van der Waals surface area contributed by atoms with E-state index in [9.17, 15) is 0 Å². The van der Waals surface area contributed by atoms with Gasteiger partial charge in [0.25, 0.3) is 0 Å². The van der Waals surface area contributed by atoms with Crippen LogP contribution in [0.1, 0.15) is 44.2 Å². The molecule has 1 unspecified atom stereocenters. The van der Waals surface area contributed by atoms with Gasteiger partial charge in [0.1, 0.15) is 0 Å². The summed E-state index contributed by atoms with van der Waals surface area (Å²) in [6, 6.07) is 9.02. The Bertz CT molecular complexity index is 330. The second-order valence-corrected chi connectivity index (χ2v) is 5.44. The monoisotopic (exact) mass is 313 g/mol. The van der Waals surface area contributed by atoms with Crippen molar-refractivity contribution in [3.05, 3.63) is 34.3 Å². The molecule has 0 saturated carbocycles. The summed E-state index contributed by atoms with van der Waals surface area (Å²) in [4.78, 5) is 0. The molecule has 0 heterocycles. The van der Waals surface area contributed by atoms with Gasteiger partial charge in [0.15, 0.2) is 0 Å².